The number of aromatic nitrogens is 3. The van der Waals surface area contributed by atoms with Gasteiger partial charge in [0.25, 0.3) is 0 Å². The van der Waals surface area contributed by atoms with Crippen LogP contribution in [-0.2, 0) is 24.9 Å². The number of hydrogen-bond acceptors (Lipinski definition) is 6. The number of amides is 1. The van der Waals surface area contributed by atoms with Gasteiger partial charge in [-0.15, -0.1) is 11.3 Å². The van der Waals surface area contributed by atoms with E-state index in [1.54, 1.807) is 0 Å². The number of nitrogens with one attached hydrogen (secondary N) is 1. The maximum absolute atomic E-state index is 11.1. The standard InChI is InChI=1S/C16H24N6OS/c1-12-8-21(9-14-11-24-16(19-14)18-13(2)23)6-7-22(12)10-15-17-4-5-20(15)3/h4-5,11-12H,6-10H2,1-3H3,(H,18,19,23)/t12-/m1/s1. The predicted molar refractivity (Wildman–Crippen MR) is 94.8 cm³/mol. The summed E-state index contributed by atoms with van der Waals surface area (Å²) in [6.45, 7) is 8.54. The van der Waals surface area contributed by atoms with Gasteiger partial charge in [0, 0.05) is 64.0 Å². The monoisotopic (exact) mass is 348 g/mol. The van der Waals surface area contributed by atoms with Gasteiger partial charge in [0.1, 0.15) is 5.82 Å². The fourth-order valence-electron chi connectivity index (χ4n) is 3.00. The molecule has 1 atom stereocenters. The van der Waals surface area contributed by atoms with E-state index in [-0.39, 0.29) is 5.91 Å². The van der Waals surface area contributed by atoms with Gasteiger partial charge in [-0.1, -0.05) is 0 Å². The minimum absolute atomic E-state index is 0.0765. The third kappa shape index (κ3) is 4.19. The topological polar surface area (TPSA) is 66.3 Å². The van der Waals surface area contributed by atoms with Crippen LogP contribution in [0.4, 0.5) is 5.13 Å². The van der Waals surface area contributed by atoms with Crippen molar-refractivity contribution >= 4 is 22.4 Å². The van der Waals surface area contributed by atoms with E-state index < -0.39 is 0 Å². The molecular weight excluding hydrogens is 324 g/mol. The smallest absolute Gasteiger partial charge is 0.223 e. The first kappa shape index (κ1) is 17.1. The molecule has 0 aliphatic carbocycles. The first-order chi connectivity index (χ1) is 11.5. The predicted octanol–water partition coefficient (Wildman–Crippen LogP) is 1.54. The molecule has 3 rings (SSSR count). The summed E-state index contributed by atoms with van der Waals surface area (Å²) in [4.78, 5) is 24.9. The Balaban J connectivity index is 1.52. The summed E-state index contributed by atoms with van der Waals surface area (Å²) in [5.41, 5.74) is 1.02. The molecule has 8 heteroatoms. The zero-order chi connectivity index (χ0) is 17.1. The molecule has 24 heavy (non-hydrogen) atoms. The van der Waals surface area contributed by atoms with Crippen LogP contribution in [-0.4, -0.2) is 55.9 Å². The summed E-state index contributed by atoms with van der Waals surface area (Å²) in [5, 5.41) is 5.44. The third-order valence-corrected chi connectivity index (χ3v) is 5.14. The molecule has 0 radical (unpaired) electrons. The highest BCUT2D eigenvalue weighted by Gasteiger charge is 2.25. The first-order valence-corrected chi connectivity index (χ1v) is 9.04. The Morgan fingerprint density at radius 3 is 2.92 bits per heavy atom. The van der Waals surface area contributed by atoms with Gasteiger partial charge < -0.3 is 9.88 Å². The molecule has 0 unspecified atom stereocenters. The fourth-order valence-corrected chi connectivity index (χ4v) is 3.74. The van der Waals surface area contributed by atoms with E-state index in [4.69, 9.17) is 0 Å². The number of piperazine rings is 1. The average molecular weight is 348 g/mol. The Morgan fingerprint density at radius 2 is 2.25 bits per heavy atom. The zero-order valence-corrected chi connectivity index (χ0v) is 15.2. The number of carbonyl (C=O) groups is 1. The molecule has 1 N–H and O–H groups in total. The summed E-state index contributed by atoms with van der Waals surface area (Å²) in [6.07, 6.45) is 3.84. The Morgan fingerprint density at radius 1 is 1.42 bits per heavy atom. The van der Waals surface area contributed by atoms with Crippen LogP contribution in [0.25, 0.3) is 0 Å². The van der Waals surface area contributed by atoms with Gasteiger partial charge >= 0.3 is 0 Å². The largest absolute Gasteiger partial charge is 0.337 e. The maximum Gasteiger partial charge on any atom is 0.223 e. The van der Waals surface area contributed by atoms with E-state index in [2.05, 4.69) is 36.6 Å². The number of nitrogens with zero attached hydrogens (tertiary/aromatic N) is 5. The molecule has 2 aromatic rings. The van der Waals surface area contributed by atoms with Crippen molar-refractivity contribution in [3.63, 3.8) is 0 Å². The lowest BCUT2D eigenvalue weighted by atomic mass is 10.2. The molecule has 3 heterocycles. The summed E-state index contributed by atoms with van der Waals surface area (Å²) >= 11 is 1.48. The number of imidazole rings is 1. The van der Waals surface area contributed by atoms with E-state index in [1.165, 1.54) is 18.3 Å². The molecule has 1 fully saturated rings. The summed E-state index contributed by atoms with van der Waals surface area (Å²) in [5.74, 6) is 1.03. The van der Waals surface area contributed by atoms with Gasteiger partial charge in [0.2, 0.25) is 5.91 Å². The number of rotatable bonds is 5. The van der Waals surface area contributed by atoms with Gasteiger partial charge in [0.15, 0.2) is 5.13 Å². The lowest BCUT2D eigenvalue weighted by molar-refractivity contribution is -0.114. The third-order valence-electron chi connectivity index (χ3n) is 4.34. The molecule has 2 aromatic heterocycles. The van der Waals surface area contributed by atoms with Crippen molar-refractivity contribution in [2.45, 2.75) is 33.0 Å². The van der Waals surface area contributed by atoms with Crippen molar-refractivity contribution in [2.24, 2.45) is 7.05 Å². The molecule has 0 spiro atoms. The highest BCUT2D eigenvalue weighted by molar-refractivity contribution is 7.13. The average Bonchev–Trinajstić information content (AvgIpc) is 3.11. The number of carbonyl (C=O) groups excluding carboxylic acids is 1. The number of thiazole rings is 1. The van der Waals surface area contributed by atoms with Gasteiger partial charge in [-0.2, -0.15) is 0 Å². The molecule has 7 nitrogen and oxygen atoms in total. The maximum atomic E-state index is 11.1. The normalized spacial score (nSPS) is 19.5. The number of aryl methyl sites for hydroxylation is 1. The van der Waals surface area contributed by atoms with Crippen LogP contribution in [0.2, 0.25) is 0 Å². The van der Waals surface area contributed by atoms with Gasteiger partial charge in [0.05, 0.1) is 12.2 Å². The van der Waals surface area contributed by atoms with E-state index in [0.29, 0.717) is 11.2 Å². The molecular formula is C16H24N6OS. The second kappa shape index (κ2) is 7.42. The van der Waals surface area contributed by atoms with Crippen LogP contribution in [0.15, 0.2) is 17.8 Å². The molecule has 1 amide bonds. The van der Waals surface area contributed by atoms with Crippen molar-refractivity contribution in [3.05, 3.63) is 29.3 Å². The summed E-state index contributed by atoms with van der Waals surface area (Å²) in [6, 6.07) is 0.476. The van der Waals surface area contributed by atoms with Crippen molar-refractivity contribution < 1.29 is 4.79 Å². The Labute approximate surface area is 146 Å². The van der Waals surface area contributed by atoms with E-state index in [0.717, 1.165) is 44.2 Å². The van der Waals surface area contributed by atoms with Crippen LogP contribution >= 0.6 is 11.3 Å². The Bertz CT molecular complexity index is 696. The van der Waals surface area contributed by atoms with Crippen molar-refractivity contribution in [2.75, 3.05) is 25.0 Å². The van der Waals surface area contributed by atoms with Crippen LogP contribution in [0.1, 0.15) is 25.4 Å². The number of anilines is 1. The SMILES string of the molecule is CC(=O)Nc1nc(CN2CCN(Cc3nccn3C)[C@H](C)C2)cs1. The van der Waals surface area contributed by atoms with Gasteiger partial charge in [-0.25, -0.2) is 9.97 Å². The Hall–Kier alpha value is -1.77. The number of hydrogen-bond donors (Lipinski definition) is 1. The van der Waals surface area contributed by atoms with Crippen LogP contribution in [0.5, 0.6) is 0 Å². The minimum atomic E-state index is -0.0765. The second-order valence-electron chi connectivity index (χ2n) is 6.33. The lowest BCUT2D eigenvalue weighted by Crippen LogP contribution is -2.51. The fraction of sp³-hybridized carbons (Fsp3) is 0.562. The molecule has 1 aliphatic rings. The zero-order valence-electron chi connectivity index (χ0n) is 14.4. The molecule has 0 saturated carbocycles. The lowest BCUT2D eigenvalue weighted by Gasteiger charge is -2.39. The van der Waals surface area contributed by atoms with E-state index >= 15 is 0 Å². The summed E-state index contributed by atoms with van der Waals surface area (Å²) in [7, 11) is 2.04. The van der Waals surface area contributed by atoms with E-state index in [1.807, 2.05) is 24.8 Å². The molecule has 0 aromatic carbocycles. The van der Waals surface area contributed by atoms with E-state index in [9.17, 15) is 4.79 Å². The highest BCUT2D eigenvalue weighted by atomic mass is 32.1. The van der Waals surface area contributed by atoms with Crippen LogP contribution in [0, 0.1) is 0 Å². The molecule has 1 aliphatic heterocycles. The second-order valence-corrected chi connectivity index (χ2v) is 7.19. The van der Waals surface area contributed by atoms with Crippen LogP contribution < -0.4 is 5.32 Å². The molecule has 0 bridgehead atoms. The van der Waals surface area contributed by atoms with Crippen LogP contribution in [0.3, 0.4) is 0 Å². The summed E-state index contributed by atoms with van der Waals surface area (Å²) < 4.78 is 2.08. The minimum Gasteiger partial charge on any atom is -0.337 e. The molecule has 1 saturated heterocycles. The first-order valence-electron chi connectivity index (χ1n) is 8.16. The quantitative estimate of drug-likeness (QED) is 0.888. The van der Waals surface area contributed by atoms with Gasteiger partial charge in [-0.05, 0) is 6.92 Å². The van der Waals surface area contributed by atoms with Crippen molar-refractivity contribution in [1.29, 1.82) is 0 Å². The van der Waals surface area contributed by atoms with Crippen molar-refractivity contribution in [3.8, 4) is 0 Å². The molecule has 130 valence electrons. The highest BCUT2D eigenvalue weighted by Crippen LogP contribution is 2.19. The van der Waals surface area contributed by atoms with Gasteiger partial charge in [-0.3, -0.25) is 14.6 Å². The van der Waals surface area contributed by atoms with Crippen molar-refractivity contribution in [1.82, 2.24) is 24.3 Å². The Kier molecular flexibility index (Phi) is 5.27.